The van der Waals surface area contributed by atoms with E-state index in [1.165, 1.54) is 25.0 Å². The third kappa shape index (κ3) is 2.98. The maximum absolute atomic E-state index is 5.75. The molecule has 0 saturated carbocycles. The van der Waals surface area contributed by atoms with Gasteiger partial charge in [0, 0.05) is 13.0 Å². The molecule has 1 fully saturated rings. The van der Waals surface area contributed by atoms with Gasteiger partial charge in [-0.25, -0.2) is 4.98 Å². The van der Waals surface area contributed by atoms with Gasteiger partial charge in [0.2, 0.25) is 5.89 Å². The Morgan fingerprint density at radius 1 is 1.60 bits per heavy atom. The van der Waals surface area contributed by atoms with E-state index in [2.05, 4.69) is 10.3 Å². The highest BCUT2D eigenvalue weighted by Crippen LogP contribution is 2.37. The largest absolute Gasteiger partial charge is 0.444 e. The summed E-state index contributed by atoms with van der Waals surface area (Å²) in [6.07, 6.45) is 6.68. The van der Waals surface area contributed by atoms with Crippen molar-refractivity contribution in [2.24, 2.45) is 0 Å². The van der Waals surface area contributed by atoms with Crippen LogP contribution in [0.1, 0.15) is 36.2 Å². The van der Waals surface area contributed by atoms with Gasteiger partial charge in [0.1, 0.15) is 5.76 Å². The minimum Gasteiger partial charge on any atom is -0.444 e. The first kappa shape index (κ1) is 11.0. The fraction of sp³-hybridized carbons (Fsp3) is 0.727. The minimum atomic E-state index is 0.502. The molecule has 15 heavy (non-hydrogen) atoms. The Hall–Kier alpha value is -0.480. The molecule has 1 aliphatic rings. The Labute approximate surface area is 95.0 Å². The second-order valence-electron chi connectivity index (χ2n) is 3.87. The molecule has 1 N–H and O–H groups in total. The van der Waals surface area contributed by atoms with Crippen molar-refractivity contribution in [1.82, 2.24) is 10.3 Å². The SMILES string of the molecule is CNCCc1cnc(C2CCCCS2)o1. The van der Waals surface area contributed by atoms with Crippen LogP contribution in [-0.2, 0) is 6.42 Å². The Bertz CT molecular complexity index is 295. The van der Waals surface area contributed by atoms with Gasteiger partial charge in [-0.15, -0.1) is 11.8 Å². The van der Waals surface area contributed by atoms with Crippen molar-refractivity contribution in [3.8, 4) is 0 Å². The summed E-state index contributed by atoms with van der Waals surface area (Å²) in [5, 5.41) is 3.61. The van der Waals surface area contributed by atoms with Crippen LogP contribution in [0.4, 0.5) is 0 Å². The lowest BCUT2D eigenvalue weighted by Gasteiger charge is -2.17. The Morgan fingerprint density at radius 3 is 3.27 bits per heavy atom. The highest BCUT2D eigenvalue weighted by Gasteiger charge is 2.20. The summed E-state index contributed by atoms with van der Waals surface area (Å²) in [6, 6.07) is 0. The number of thioether (sulfide) groups is 1. The van der Waals surface area contributed by atoms with Crippen molar-refractivity contribution in [2.45, 2.75) is 30.9 Å². The quantitative estimate of drug-likeness (QED) is 0.855. The second-order valence-corrected chi connectivity index (χ2v) is 5.18. The maximum atomic E-state index is 5.75. The highest BCUT2D eigenvalue weighted by atomic mass is 32.2. The van der Waals surface area contributed by atoms with E-state index in [-0.39, 0.29) is 0 Å². The van der Waals surface area contributed by atoms with Crippen LogP contribution in [0, 0.1) is 0 Å². The molecule has 1 aromatic rings. The van der Waals surface area contributed by atoms with Gasteiger partial charge < -0.3 is 9.73 Å². The van der Waals surface area contributed by atoms with E-state index >= 15 is 0 Å². The lowest BCUT2D eigenvalue weighted by Crippen LogP contribution is -2.09. The molecule has 1 unspecified atom stereocenters. The highest BCUT2D eigenvalue weighted by molar-refractivity contribution is 7.99. The fourth-order valence-electron chi connectivity index (χ4n) is 1.77. The number of likely N-dealkylation sites (N-methyl/N-ethyl adjacent to an activating group) is 1. The van der Waals surface area contributed by atoms with Gasteiger partial charge in [0.25, 0.3) is 0 Å². The number of aromatic nitrogens is 1. The second kappa shape index (κ2) is 5.56. The molecule has 1 aromatic heterocycles. The summed E-state index contributed by atoms with van der Waals surface area (Å²) in [7, 11) is 1.95. The monoisotopic (exact) mass is 226 g/mol. The Morgan fingerprint density at radius 2 is 2.53 bits per heavy atom. The first-order chi connectivity index (χ1) is 7.40. The van der Waals surface area contributed by atoms with E-state index in [0.717, 1.165) is 24.6 Å². The van der Waals surface area contributed by atoms with Crippen molar-refractivity contribution < 1.29 is 4.42 Å². The molecular weight excluding hydrogens is 208 g/mol. The van der Waals surface area contributed by atoms with E-state index in [1.807, 2.05) is 25.0 Å². The molecule has 0 aliphatic carbocycles. The topological polar surface area (TPSA) is 38.1 Å². The lowest BCUT2D eigenvalue weighted by atomic mass is 10.2. The van der Waals surface area contributed by atoms with Crippen molar-refractivity contribution in [3.05, 3.63) is 17.8 Å². The Kier molecular flexibility index (Phi) is 4.09. The first-order valence-corrected chi connectivity index (χ1v) is 6.66. The molecule has 2 rings (SSSR count). The molecule has 1 aliphatic heterocycles. The fourth-order valence-corrected chi connectivity index (χ4v) is 3.01. The van der Waals surface area contributed by atoms with Crippen LogP contribution in [0.15, 0.2) is 10.6 Å². The summed E-state index contributed by atoms with van der Waals surface area (Å²) >= 11 is 1.98. The molecule has 0 spiro atoms. The van der Waals surface area contributed by atoms with Gasteiger partial charge in [-0.2, -0.15) is 0 Å². The van der Waals surface area contributed by atoms with Gasteiger partial charge in [0.15, 0.2) is 0 Å². The summed E-state index contributed by atoms with van der Waals surface area (Å²) in [5.41, 5.74) is 0. The average Bonchev–Trinajstić information content (AvgIpc) is 2.76. The summed E-state index contributed by atoms with van der Waals surface area (Å²) < 4.78 is 5.75. The zero-order valence-corrected chi connectivity index (χ0v) is 9.98. The molecule has 4 heteroatoms. The smallest absolute Gasteiger partial charge is 0.207 e. The number of nitrogens with zero attached hydrogens (tertiary/aromatic N) is 1. The summed E-state index contributed by atoms with van der Waals surface area (Å²) in [5.74, 6) is 3.19. The molecule has 84 valence electrons. The number of nitrogens with one attached hydrogen (secondary N) is 1. The third-order valence-corrected chi connectivity index (χ3v) is 4.01. The molecule has 0 amide bonds. The molecule has 0 bridgehead atoms. The van der Waals surface area contributed by atoms with Crippen LogP contribution in [0.2, 0.25) is 0 Å². The number of oxazole rings is 1. The number of hydrogen-bond donors (Lipinski definition) is 1. The van der Waals surface area contributed by atoms with E-state index in [9.17, 15) is 0 Å². The zero-order chi connectivity index (χ0) is 10.5. The van der Waals surface area contributed by atoms with Crippen molar-refractivity contribution in [3.63, 3.8) is 0 Å². The Balaban J connectivity index is 1.93. The van der Waals surface area contributed by atoms with Crippen molar-refractivity contribution in [1.29, 1.82) is 0 Å². The van der Waals surface area contributed by atoms with Crippen LogP contribution < -0.4 is 5.32 Å². The average molecular weight is 226 g/mol. The van der Waals surface area contributed by atoms with E-state index in [4.69, 9.17) is 4.42 Å². The zero-order valence-electron chi connectivity index (χ0n) is 9.16. The molecule has 1 atom stereocenters. The van der Waals surface area contributed by atoms with E-state index in [1.54, 1.807) is 0 Å². The maximum Gasteiger partial charge on any atom is 0.207 e. The van der Waals surface area contributed by atoms with Gasteiger partial charge >= 0.3 is 0 Å². The van der Waals surface area contributed by atoms with E-state index in [0.29, 0.717) is 5.25 Å². The first-order valence-electron chi connectivity index (χ1n) is 5.61. The molecular formula is C11H18N2OS. The molecule has 0 radical (unpaired) electrons. The van der Waals surface area contributed by atoms with E-state index < -0.39 is 0 Å². The van der Waals surface area contributed by atoms with Crippen LogP contribution in [0.3, 0.4) is 0 Å². The minimum absolute atomic E-state index is 0.502. The predicted octanol–water partition coefficient (Wildman–Crippen LogP) is 2.39. The lowest BCUT2D eigenvalue weighted by molar-refractivity contribution is 0.437. The molecule has 2 heterocycles. The number of rotatable bonds is 4. The molecule has 0 aromatic carbocycles. The van der Waals surface area contributed by atoms with Crippen molar-refractivity contribution in [2.75, 3.05) is 19.3 Å². The normalized spacial score (nSPS) is 21.8. The van der Waals surface area contributed by atoms with Gasteiger partial charge in [-0.3, -0.25) is 0 Å². The third-order valence-electron chi connectivity index (χ3n) is 2.65. The summed E-state index contributed by atoms with van der Waals surface area (Å²) in [4.78, 5) is 4.38. The van der Waals surface area contributed by atoms with Gasteiger partial charge in [-0.1, -0.05) is 6.42 Å². The van der Waals surface area contributed by atoms with Gasteiger partial charge in [0.05, 0.1) is 11.4 Å². The van der Waals surface area contributed by atoms with Crippen LogP contribution in [-0.4, -0.2) is 24.3 Å². The van der Waals surface area contributed by atoms with Crippen LogP contribution in [0.25, 0.3) is 0 Å². The molecule has 1 saturated heterocycles. The van der Waals surface area contributed by atoms with Crippen LogP contribution >= 0.6 is 11.8 Å². The van der Waals surface area contributed by atoms with Crippen molar-refractivity contribution >= 4 is 11.8 Å². The predicted molar refractivity (Wildman–Crippen MR) is 63.2 cm³/mol. The summed E-state index contributed by atoms with van der Waals surface area (Å²) in [6.45, 7) is 0.951. The standard InChI is InChI=1S/C11H18N2OS/c1-12-6-5-9-8-13-11(14-9)10-4-2-3-7-15-10/h8,10,12H,2-7H2,1H3. The van der Waals surface area contributed by atoms with Gasteiger partial charge in [-0.05, 0) is 25.6 Å². The number of hydrogen-bond acceptors (Lipinski definition) is 4. The van der Waals surface area contributed by atoms with Crippen LogP contribution in [0.5, 0.6) is 0 Å². The molecule has 3 nitrogen and oxygen atoms in total.